The number of esters is 4. The number of alkyl carbamates (subject to hydrolysis) is 1. The van der Waals surface area contributed by atoms with E-state index in [1.165, 1.54) is 82.3 Å². The van der Waals surface area contributed by atoms with Gasteiger partial charge in [-0.05, 0) is 63.2 Å². The van der Waals surface area contributed by atoms with Crippen molar-refractivity contribution >= 4 is 35.8 Å². The third-order valence-corrected chi connectivity index (χ3v) is 12.7. The van der Waals surface area contributed by atoms with Crippen molar-refractivity contribution in [2.45, 2.75) is 134 Å². The number of Topliss-reactive ketones (excluding diaryl/α,β-unsaturated/α-hetero) is 1. The summed E-state index contributed by atoms with van der Waals surface area (Å²) in [6, 6.07) is 12.3. The van der Waals surface area contributed by atoms with Gasteiger partial charge < -0.3 is 49.1 Å². The summed E-state index contributed by atoms with van der Waals surface area (Å²) in [5.74, 6) is -7.20. The zero-order chi connectivity index (χ0) is 52.5. The van der Waals surface area contributed by atoms with Crippen molar-refractivity contribution in [3.63, 3.8) is 0 Å². The maximum absolute atomic E-state index is 15.5. The SMILES string of the molecule is [2H]C([2H])([2H])C(OC(=O)N[C@@H](c1ccccc1)[C@@H](O)C(=O)O[C@H]1CC2(O)[C@@H](OC(=O)c3ccccc3)[C@@H]3[C@]4(OC(C)=O)CO[C@@H]4C[C@H](O)[C@@]3(C)C(=O)[C@H](OC(C)=O)C(=C1C)C2(C)C)(C([2H])([2H])[2H])C([2H])([2H])[2H]. The van der Waals surface area contributed by atoms with Gasteiger partial charge in [0.1, 0.15) is 29.5 Å². The molecule has 2 saturated carbocycles. The molecule has 1 heterocycles. The molecule has 4 N–H and O–H groups in total. The molecule has 4 aliphatic rings. The number of carbonyl (C=O) groups excluding carboxylic acids is 6. The molecule has 0 radical (unpaired) electrons. The predicted octanol–water partition coefficient (Wildman–Crippen LogP) is 3.83. The van der Waals surface area contributed by atoms with E-state index in [4.69, 9.17) is 40.8 Å². The lowest BCUT2D eigenvalue weighted by Gasteiger charge is -2.67. The van der Waals surface area contributed by atoms with Gasteiger partial charge in [0.25, 0.3) is 0 Å². The van der Waals surface area contributed by atoms with Crippen molar-refractivity contribution in [2.75, 3.05) is 6.61 Å². The van der Waals surface area contributed by atoms with E-state index in [9.17, 15) is 39.3 Å². The van der Waals surface area contributed by atoms with Gasteiger partial charge in [-0.2, -0.15) is 0 Å². The minimum absolute atomic E-state index is 0.0308. The Bertz CT molecular complexity index is 2390. The van der Waals surface area contributed by atoms with Crippen LogP contribution in [0.15, 0.2) is 71.8 Å². The van der Waals surface area contributed by atoms with Crippen LogP contribution >= 0.6 is 0 Å². The Morgan fingerprint density at radius 1 is 0.934 bits per heavy atom. The molecule has 0 aromatic heterocycles. The average Bonchev–Trinajstić information content (AvgIpc) is 3.24. The van der Waals surface area contributed by atoms with E-state index in [1.54, 1.807) is 6.07 Å². The highest BCUT2D eigenvalue weighted by atomic mass is 16.6. The van der Waals surface area contributed by atoms with Crippen molar-refractivity contribution < 1.29 is 84.8 Å². The number of nitrogens with one attached hydrogen (secondary N) is 1. The first-order chi connectivity index (χ1) is 32.1. The molecule has 1 saturated heterocycles. The maximum Gasteiger partial charge on any atom is 0.408 e. The number of rotatable bonds is 9. The molecule has 2 aromatic rings. The molecular formula is C45H55NO15. The van der Waals surface area contributed by atoms with Gasteiger partial charge in [-0.3, -0.25) is 14.4 Å². The van der Waals surface area contributed by atoms with Crippen LogP contribution in [0.3, 0.4) is 0 Å². The van der Waals surface area contributed by atoms with Crippen LogP contribution in [-0.4, -0.2) is 111 Å². The number of fused-ring (bicyclic) bond motifs is 5. The highest BCUT2D eigenvalue weighted by Gasteiger charge is 2.78. The number of amides is 1. The molecule has 61 heavy (non-hydrogen) atoms. The third-order valence-electron chi connectivity index (χ3n) is 12.7. The van der Waals surface area contributed by atoms with Crippen LogP contribution in [0.2, 0.25) is 0 Å². The number of ketones is 1. The van der Waals surface area contributed by atoms with Gasteiger partial charge in [0.2, 0.25) is 0 Å². The zero-order valence-electron chi connectivity index (χ0n) is 43.3. The number of hydrogen-bond acceptors (Lipinski definition) is 15. The Morgan fingerprint density at radius 3 is 2.11 bits per heavy atom. The van der Waals surface area contributed by atoms with E-state index in [2.05, 4.69) is 0 Å². The summed E-state index contributed by atoms with van der Waals surface area (Å²) < 4.78 is 106. The van der Waals surface area contributed by atoms with Crippen molar-refractivity contribution in [2.24, 2.45) is 16.7 Å². The minimum atomic E-state index is -4.12. The number of aliphatic hydroxyl groups excluding tert-OH is 2. The van der Waals surface area contributed by atoms with Crippen molar-refractivity contribution in [1.29, 1.82) is 0 Å². The Hall–Kier alpha value is -5.16. The van der Waals surface area contributed by atoms with E-state index in [1.807, 2.05) is 5.32 Å². The second-order valence-electron chi connectivity index (χ2n) is 16.7. The largest absolute Gasteiger partial charge is 0.456 e. The average molecular weight is 859 g/mol. The summed E-state index contributed by atoms with van der Waals surface area (Å²) in [6.07, 6.45) is -14.1. The highest BCUT2D eigenvalue weighted by molar-refractivity contribution is 5.95. The van der Waals surface area contributed by atoms with E-state index in [0.29, 0.717) is 0 Å². The summed E-state index contributed by atoms with van der Waals surface area (Å²) in [5, 5.41) is 39.6. The second-order valence-corrected chi connectivity index (χ2v) is 16.7. The fourth-order valence-electron chi connectivity index (χ4n) is 9.66. The van der Waals surface area contributed by atoms with Crippen LogP contribution in [0.25, 0.3) is 0 Å². The van der Waals surface area contributed by atoms with E-state index >= 15 is 4.79 Å². The van der Waals surface area contributed by atoms with Crippen LogP contribution < -0.4 is 5.32 Å². The standard InChI is InChI=1S/C45H55NO15/c1-23-28(58-39(53)33(50)32(26-16-12-10-13-17-26)46-40(54)61-41(4,5)6)21-45(55)37(59-38(52)27-18-14-11-15-19-27)35-43(9,29(49)20-30-44(35,22-56-30)60-25(3)48)36(51)34(57-24(2)47)31(23)42(45,7)8/h10-19,28-30,32-35,37,49-50,55H,20-22H2,1-9H3,(H,46,54)/t28-,29-,30+,32-,33+,34+,35-,37-,43+,44-,45?/m0/s1/i4D3,5D3,6D3. The fraction of sp³-hybridized carbons (Fsp3) is 0.556. The molecule has 0 spiro atoms. The lowest BCUT2D eigenvalue weighted by molar-refractivity contribution is -0.346. The lowest BCUT2D eigenvalue weighted by Crippen LogP contribution is -2.82. The van der Waals surface area contributed by atoms with Crippen LogP contribution in [0, 0.1) is 16.7 Å². The molecule has 16 heteroatoms. The molecule has 6 rings (SSSR count). The third kappa shape index (κ3) is 7.94. The van der Waals surface area contributed by atoms with Crippen molar-refractivity contribution in [3.05, 3.63) is 82.9 Å². The first-order valence-electron chi connectivity index (χ1n) is 24.0. The van der Waals surface area contributed by atoms with E-state index < -0.39 is 146 Å². The van der Waals surface area contributed by atoms with Crippen molar-refractivity contribution in [3.8, 4) is 0 Å². The van der Waals surface area contributed by atoms with Gasteiger partial charge >= 0.3 is 30.0 Å². The summed E-state index contributed by atoms with van der Waals surface area (Å²) in [7, 11) is 0. The summed E-state index contributed by atoms with van der Waals surface area (Å²) in [6.45, 7) is -4.75. The molecule has 1 amide bonds. The number of benzene rings is 2. The normalized spacial score (nSPS) is 35.3. The van der Waals surface area contributed by atoms with Gasteiger partial charge in [0.05, 0.1) is 35.6 Å². The summed E-state index contributed by atoms with van der Waals surface area (Å²) in [4.78, 5) is 83.9. The molecule has 3 fully saturated rings. The first-order valence-corrected chi connectivity index (χ1v) is 19.5. The molecule has 1 unspecified atom stereocenters. The Balaban J connectivity index is 1.51. The molecule has 1 aliphatic heterocycles. The van der Waals surface area contributed by atoms with Crippen LogP contribution in [-0.2, 0) is 47.6 Å². The number of carbonyl (C=O) groups is 6. The van der Waals surface area contributed by atoms with Gasteiger partial charge in [0, 0.05) is 44.4 Å². The molecule has 330 valence electrons. The van der Waals surface area contributed by atoms with E-state index in [0.717, 1.165) is 13.8 Å². The highest BCUT2D eigenvalue weighted by Crippen LogP contribution is 2.64. The topological polar surface area (TPSA) is 231 Å². The zero-order valence-corrected chi connectivity index (χ0v) is 34.3. The van der Waals surface area contributed by atoms with Gasteiger partial charge in [-0.25, -0.2) is 14.4 Å². The molecule has 2 bridgehead atoms. The Labute approximate surface area is 366 Å². The summed E-state index contributed by atoms with van der Waals surface area (Å²) >= 11 is 0. The number of aliphatic hydroxyl groups is 3. The first kappa shape index (κ1) is 34.4. The fourth-order valence-corrected chi connectivity index (χ4v) is 9.66. The molecule has 3 aliphatic carbocycles. The number of ether oxygens (including phenoxy) is 6. The van der Waals surface area contributed by atoms with Crippen LogP contribution in [0.1, 0.15) is 109 Å². The molecule has 11 atom stereocenters. The predicted molar refractivity (Wildman–Crippen MR) is 213 cm³/mol. The Kier molecular flexibility index (Phi) is 9.18. The smallest absolute Gasteiger partial charge is 0.408 e. The minimum Gasteiger partial charge on any atom is -0.456 e. The number of hydrogen-bond donors (Lipinski definition) is 4. The quantitative estimate of drug-likeness (QED) is 0.160. The van der Waals surface area contributed by atoms with Crippen LogP contribution in [0.5, 0.6) is 0 Å². The maximum atomic E-state index is 15.5. The second kappa shape index (κ2) is 16.3. The van der Waals surface area contributed by atoms with Crippen molar-refractivity contribution in [1.82, 2.24) is 5.32 Å². The lowest BCUT2D eigenvalue weighted by atomic mass is 9.44. The Morgan fingerprint density at radius 2 is 1.56 bits per heavy atom. The summed E-state index contributed by atoms with van der Waals surface area (Å²) in [5.41, 5.74) is -12.9. The van der Waals surface area contributed by atoms with Gasteiger partial charge in [-0.1, -0.05) is 62.4 Å². The van der Waals surface area contributed by atoms with Gasteiger partial charge in [-0.15, -0.1) is 0 Å². The molecule has 16 nitrogen and oxygen atoms in total. The van der Waals surface area contributed by atoms with Gasteiger partial charge in [0.15, 0.2) is 23.6 Å². The molecule has 2 aromatic carbocycles. The molecular weight excluding hydrogens is 794 g/mol. The monoisotopic (exact) mass is 858 g/mol. The van der Waals surface area contributed by atoms with E-state index in [-0.39, 0.29) is 28.7 Å². The van der Waals surface area contributed by atoms with Crippen LogP contribution in [0.4, 0.5) is 4.79 Å².